The van der Waals surface area contributed by atoms with Crippen LogP contribution in [0, 0.1) is 6.92 Å². The van der Waals surface area contributed by atoms with E-state index in [0.717, 1.165) is 26.4 Å². The topological polar surface area (TPSA) is 77.0 Å². The molecule has 4 aromatic carbocycles. The Morgan fingerprint density at radius 1 is 0.946 bits per heavy atom. The van der Waals surface area contributed by atoms with Crippen LogP contribution < -0.4 is 14.9 Å². The van der Waals surface area contributed by atoms with Crippen molar-refractivity contribution in [1.29, 1.82) is 0 Å². The number of nitrogens with zero attached hydrogens (tertiary/aromatic N) is 1. The van der Waals surface area contributed by atoms with E-state index in [0.29, 0.717) is 27.0 Å². The van der Waals surface area contributed by atoms with Crippen molar-refractivity contribution in [3.8, 4) is 11.5 Å². The Morgan fingerprint density at radius 3 is 2.46 bits per heavy atom. The van der Waals surface area contributed by atoms with Gasteiger partial charge >= 0.3 is 5.97 Å². The van der Waals surface area contributed by atoms with Crippen molar-refractivity contribution in [3.05, 3.63) is 106 Å². The van der Waals surface area contributed by atoms with Crippen LogP contribution in [0.5, 0.6) is 11.5 Å². The number of amides is 1. The van der Waals surface area contributed by atoms with Gasteiger partial charge in [0.05, 0.1) is 11.2 Å². The van der Waals surface area contributed by atoms with Gasteiger partial charge < -0.3 is 9.47 Å². The van der Waals surface area contributed by atoms with Gasteiger partial charge in [-0.2, -0.15) is 5.10 Å². The van der Waals surface area contributed by atoms with Gasteiger partial charge in [0.15, 0.2) is 6.61 Å². The van der Waals surface area contributed by atoms with E-state index in [1.54, 1.807) is 18.2 Å². The number of aryl methyl sites for hydroxylation is 1. The van der Waals surface area contributed by atoms with Crippen molar-refractivity contribution in [2.45, 2.75) is 6.92 Å². The highest BCUT2D eigenvalue weighted by molar-refractivity contribution is 7.21. The summed E-state index contributed by atoms with van der Waals surface area (Å²) in [7, 11) is 0. The Hall–Kier alpha value is -4.20. The number of fused-ring (bicyclic) bond motifs is 2. The highest BCUT2D eigenvalue weighted by atomic mass is 35.5. The summed E-state index contributed by atoms with van der Waals surface area (Å²) in [6.45, 7) is 1.78. The van der Waals surface area contributed by atoms with Crippen molar-refractivity contribution in [2.24, 2.45) is 5.10 Å². The van der Waals surface area contributed by atoms with Crippen LogP contribution in [-0.4, -0.2) is 24.7 Å². The third-order valence-corrected chi connectivity index (χ3v) is 7.28. The van der Waals surface area contributed by atoms with E-state index in [2.05, 4.69) is 10.5 Å². The summed E-state index contributed by atoms with van der Waals surface area (Å²) in [5.74, 6) is -0.0988. The Kier molecular flexibility index (Phi) is 7.16. The molecule has 1 N–H and O–H groups in total. The summed E-state index contributed by atoms with van der Waals surface area (Å²) in [5, 5.41) is 7.00. The van der Waals surface area contributed by atoms with Gasteiger partial charge in [-0.1, -0.05) is 77.8 Å². The zero-order chi connectivity index (χ0) is 25.8. The Balaban J connectivity index is 1.36. The third kappa shape index (κ3) is 5.48. The lowest BCUT2D eigenvalue weighted by atomic mass is 10.0. The second-order valence-electron chi connectivity index (χ2n) is 8.22. The number of hydrazone groups is 1. The largest absolute Gasteiger partial charge is 0.484 e. The van der Waals surface area contributed by atoms with Crippen molar-refractivity contribution >= 4 is 61.9 Å². The van der Waals surface area contributed by atoms with Gasteiger partial charge in [-0.05, 0) is 42.0 Å². The van der Waals surface area contributed by atoms with E-state index in [9.17, 15) is 9.59 Å². The molecule has 8 heteroatoms. The molecule has 0 fully saturated rings. The molecule has 0 radical (unpaired) electrons. The maximum atomic E-state index is 13.1. The lowest BCUT2D eigenvalue weighted by molar-refractivity contribution is -0.123. The minimum atomic E-state index is -0.563. The van der Waals surface area contributed by atoms with Crippen molar-refractivity contribution < 1.29 is 19.1 Å². The zero-order valence-corrected chi connectivity index (χ0v) is 21.3. The van der Waals surface area contributed by atoms with E-state index in [1.807, 2.05) is 73.7 Å². The molecule has 0 atom stereocenters. The average molecular weight is 529 g/mol. The Morgan fingerprint density at radius 2 is 1.68 bits per heavy atom. The molecule has 0 aliphatic rings. The molecule has 0 saturated heterocycles. The molecule has 37 heavy (non-hydrogen) atoms. The molecule has 6 nitrogen and oxygen atoms in total. The monoisotopic (exact) mass is 528 g/mol. The molecule has 0 spiro atoms. The molecule has 0 aliphatic carbocycles. The van der Waals surface area contributed by atoms with Crippen LogP contribution in [0.3, 0.4) is 0 Å². The molecule has 184 valence electrons. The number of hydrogen-bond acceptors (Lipinski definition) is 6. The summed E-state index contributed by atoms with van der Waals surface area (Å²) in [5.41, 5.74) is 4.11. The summed E-state index contributed by atoms with van der Waals surface area (Å²) in [6.07, 6.45) is 1.46. The van der Waals surface area contributed by atoms with E-state index >= 15 is 0 Å². The number of thiophene rings is 1. The third-order valence-electron chi connectivity index (χ3n) is 5.63. The predicted molar refractivity (Wildman–Crippen MR) is 148 cm³/mol. The smallest absolute Gasteiger partial charge is 0.355 e. The van der Waals surface area contributed by atoms with E-state index < -0.39 is 11.9 Å². The molecule has 0 saturated carbocycles. The van der Waals surface area contributed by atoms with Gasteiger partial charge in [0.1, 0.15) is 16.4 Å². The number of esters is 1. The number of carbonyl (C=O) groups excluding carboxylic acids is 2. The van der Waals surface area contributed by atoms with Crippen LogP contribution in [0.4, 0.5) is 0 Å². The van der Waals surface area contributed by atoms with Gasteiger partial charge in [0, 0.05) is 15.6 Å². The van der Waals surface area contributed by atoms with Crippen LogP contribution in [0.15, 0.2) is 90.0 Å². The van der Waals surface area contributed by atoms with Crippen molar-refractivity contribution in [3.63, 3.8) is 0 Å². The van der Waals surface area contributed by atoms with Crippen molar-refractivity contribution in [2.75, 3.05) is 6.61 Å². The van der Waals surface area contributed by atoms with Gasteiger partial charge in [-0.25, -0.2) is 10.2 Å². The van der Waals surface area contributed by atoms with Gasteiger partial charge in [-0.3, -0.25) is 4.79 Å². The first-order valence-electron chi connectivity index (χ1n) is 11.4. The molecule has 1 aromatic heterocycles. The van der Waals surface area contributed by atoms with E-state index in [-0.39, 0.29) is 6.61 Å². The lowest BCUT2D eigenvalue weighted by Crippen LogP contribution is -2.24. The number of ether oxygens (including phenoxy) is 2. The number of carbonyl (C=O) groups is 2. The first-order chi connectivity index (χ1) is 18.0. The van der Waals surface area contributed by atoms with Crippen LogP contribution >= 0.6 is 22.9 Å². The minimum absolute atomic E-state index is 0.192. The van der Waals surface area contributed by atoms with Crippen LogP contribution in [0.1, 0.15) is 20.8 Å². The van der Waals surface area contributed by atoms with E-state index in [1.165, 1.54) is 17.6 Å². The Labute approximate surface area is 222 Å². The SMILES string of the molecule is Cc1ccc(OCC(=O)N/N=C\c2c(OC(=O)c3sc4ccccc4c3Cl)ccc3ccccc23)cc1. The van der Waals surface area contributed by atoms with Crippen LogP contribution in [0.2, 0.25) is 5.02 Å². The average Bonchev–Trinajstić information content (AvgIpc) is 3.26. The fraction of sp³-hybridized carbons (Fsp3) is 0.0690. The number of benzene rings is 4. The quantitative estimate of drug-likeness (QED) is 0.109. The van der Waals surface area contributed by atoms with Crippen molar-refractivity contribution in [1.82, 2.24) is 5.43 Å². The van der Waals surface area contributed by atoms with Gasteiger partial charge in [0.2, 0.25) is 0 Å². The number of hydrogen-bond donors (Lipinski definition) is 1. The molecule has 0 bridgehead atoms. The predicted octanol–water partition coefficient (Wildman–Crippen LogP) is 6.76. The standard InChI is InChI=1S/C29H21ClN2O4S/c1-18-10-13-20(14-11-18)35-17-26(33)32-31-16-23-21-7-3-2-6-19(21)12-15-24(23)36-29(34)28-27(30)22-8-4-5-9-25(22)37-28/h2-16H,17H2,1H3,(H,32,33)/b31-16-. The number of rotatable bonds is 7. The highest BCUT2D eigenvalue weighted by Gasteiger charge is 2.20. The summed E-state index contributed by atoms with van der Waals surface area (Å²) in [6, 6.07) is 26.1. The Bertz CT molecular complexity index is 1640. The highest BCUT2D eigenvalue weighted by Crippen LogP contribution is 2.36. The molecule has 0 unspecified atom stereocenters. The molecule has 5 rings (SSSR count). The second kappa shape index (κ2) is 10.8. The number of halogens is 1. The fourth-order valence-electron chi connectivity index (χ4n) is 3.77. The van der Waals surface area contributed by atoms with Crippen LogP contribution in [-0.2, 0) is 4.79 Å². The second-order valence-corrected chi connectivity index (χ2v) is 9.65. The molecule has 5 aromatic rings. The molecule has 1 amide bonds. The molecular formula is C29H21ClN2O4S. The van der Waals surface area contributed by atoms with E-state index in [4.69, 9.17) is 21.1 Å². The summed E-state index contributed by atoms with van der Waals surface area (Å²) < 4.78 is 12.2. The normalized spacial score (nSPS) is 11.2. The lowest BCUT2D eigenvalue weighted by Gasteiger charge is -2.10. The summed E-state index contributed by atoms with van der Waals surface area (Å²) in [4.78, 5) is 25.7. The molecule has 0 aliphatic heterocycles. The molecule has 1 heterocycles. The van der Waals surface area contributed by atoms with Gasteiger partial charge in [0.25, 0.3) is 5.91 Å². The minimum Gasteiger partial charge on any atom is -0.484 e. The first kappa shape index (κ1) is 24.5. The maximum absolute atomic E-state index is 13.1. The van der Waals surface area contributed by atoms with Gasteiger partial charge in [-0.15, -0.1) is 11.3 Å². The maximum Gasteiger partial charge on any atom is 0.355 e. The summed E-state index contributed by atoms with van der Waals surface area (Å²) >= 11 is 7.75. The number of nitrogens with one attached hydrogen (secondary N) is 1. The first-order valence-corrected chi connectivity index (χ1v) is 12.6. The fourth-order valence-corrected chi connectivity index (χ4v) is 5.16. The zero-order valence-electron chi connectivity index (χ0n) is 19.7. The van der Waals surface area contributed by atoms with Crippen LogP contribution in [0.25, 0.3) is 20.9 Å². The molecular weight excluding hydrogens is 508 g/mol.